The van der Waals surface area contributed by atoms with Crippen LogP contribution in [0.3, 0.4) is 0 Å². The van der Waals surface area contributed by atoms with Gasteiger partial charge in [-0.05, 0) is 29.7 Å². The SMILES string of the molecule is CCCC(=O)N(Cc1ccccc1)[C@@H](C(=O)NCc1ccccn1)c1ccccc1. The number of carbonyl (C=O) groups excluding carboxylic acids is 2. The lowest BCUT2D eigenvalue weighted by atomic mass is 10.0. The number of hydrogen-bond donors (Lipinski definition) is 1. The number of hydrogen-bond acceptors (Lipinski definition) is 3. The van der Waals surface area contributed by atoms with Crippen LogP contribution in [0, 0.1) is 0 Å². The average Bonchev–Trinajstić information content (AvgIpc) is 2.79. The lowest BCUT2D eigenvalue weighted by molar-refractivity contribution is -0.141. The van der Waals surface area contributed by atoms with E-state index in [1.54, 1.807) is 11.1 Å². The molecule has 0 radical (unpaired) electrons. The molecule has 1 N–H and O–H groups in total. The van der Waals surface area contributed by atoms with Gasteiger partial charge < -0.3 is 10.2 Å². The van der Waals surface area contributed by atoms with Gasteiger partial charge in [-0.3, -0.25) is 14.6 Å². The van der Waals surface area contributed by atoms with Crippen molar-refractivity contribution in [2.24, 2.45) is 0 Å². The van der Waals surface area contributed by atoms with Crippen molar-refractivity contribution in [1.82, 2.24) is 15.2 Å². The smallest absolute Gasteiger partial charge is 0.247 e. The van der Waals surface area contributed by atoms with Crippen LogP contribution in [-0.2, 0) is 22.7 Å². The van der Waals surface area contributed by atoms with E-state index in [0.29, 0.717) is 19.5 Å². The predicted octanol–water partition coefficient (Wildman–Crippen LogP) is 4.27. The van der Waals surface area contributed by atoms with E-state index in [2.05, 4.69) is 10.3 Å². The van der Waals surface area contributed by atoms with Gasteiger partial charge in [0, 0.05) is 19.2 Å². The highest BCUT2D eigenvalue weighted by atomic mass is 16.2. The van der Waals surface area contributed by atoms with E-state index in [-0.39, 0.29) is 11.8 Å². The van der Waals surface area contributed by atoms with Crippen molar-refractivity contribution in [2.75, 3.05) is 0 Å². The normalized spacial score (nSPS) is 11.5. The molecule has 0 spiro atoms. The van der Waals surface area contributed by atoms with E-state index < -0.39 is 6.04 Å². The Balaban J connectivity index is 1.90. The summed E-state index contributed by atoms with van der Waals surface area (Å²) >= 11 is 0. The Kier molecular flexibility index (Phi) is 7.72. The monoisotopic (exact) mass is 401 g/mol. The number of nitrogens with one attached hydrogen (secondary N) is 1. The zero-order chi connectivity index (χ0) is 21.2. The molecule has 1 atom stereocenters. The average molecular weight is 402 g/mol. The van der Waals surface area contributed by atoms with Crippen molar-refractivity contribution >= 4 is 11.8 Å². The Morgan fingerprint density at radius 1 is 0.933 bits per heavy atom. The Hall–Kier alpha value is -3.47. The quantitative estimate of drug-likeness (QED) is 0.582. The van der Waals surface area contributed by atoms with Gasteiger partial charge in [-0.25, -0.2) is 0 Å². The van der Waals surface area contributed by atoms with Crippen molar-refractivity contribution in [2.45, 2.75) is 38.9 Å². The minimum absolute atomic E-state index is 0.0387. The van der Waals surface area contributed by atoms with Crippen molar-refractivity contribution in [3.8, 4) is 0 Å². The van der Waals surface area contributed by atoms with Crippen LogP contribution in [-0.4, -0.2) is 21.7 Å². The van der Waals surface area contributed by atoms with Gasteiger partial charge in [0.2, 0.25) is 11.8 Å². The largest absolute Gasteiger partial charge is 0.348 e. The molecule has 0 saturated carbocycles. The Morgan fingerprint density at radius 3 is 2.23 bits per heavy atom. The highest BCUT2D eigenvalue weighted by molar-refractivity contribution is 5.88. The Bertz CT molecular complexity index is 930. The minimum Gasteiger partial charge on any atom is -0.348 e. The molecular weight excluding hydrogens is 374 g/mol. The fourth-order valence-corrected chi connectivity index (χ4v) is 3.35. The molecule has 5 heteroatoms. The summed E-state index contributed by atoms with van der Waals surface area (Å²) in [5, 5.41) is 2.97. The summed E-state index contributed by atoms with van der Waals surface area (Å²) < 4.78 is 0. The maximum Gasteiger partial charge on any atom is 0.247 e. The molecule has 2 aromatic carbocycles. The van der Waals surface area contributed by atoms with Crippen LogP contribution in [0.2, 0.25) is 0 Å². The van der Waals surface area contributed by atoms with Crippen molar-refractivity contribution < 1.29 is 9.59 Å². The van der Waals surface area contributed by atoms with E-state index in [4.69, 9.17) is 0 Å². The summed E-state index contributed by atoms with van der Waals surface area (Å²) in [4.78, 5) is 32.3. The third-order valence-corrected chi connectivity index (χ3v) is 4.83. The van der Waals surface area contributed by atoms with Gasteiger partial charge >= 0.3 is 0 Å². The summed E-state index contributed by atoms with van der Waals surface area (Å²) in [5.74, 6) is -0.254. The molecule has 0 aliphatic carbocycles. The topological polar surface area (TPSA) is 62.3 Å². The number of rotatable bonds is 9. The molecule has 154 valence electrons. The second-order valence-corrected chi connectivity index (χ2v) is 7.11. The van der Waals surface area contributed by atoms with E-state index in [1.165, 1.54) is 0 Å². The first-order valence-corrected chi connectivity index (χ1v) is 10.2. The maximum absolute atomic E-state index is 13.3. The number of benzene rings is 2. The molecule has 1 aromatic heterocycles. The number of aromatic nitrogens is 1. The first kappa shape index (κ1) is 21.2. The second-order valence-electron chi connectivity index (χ2n) is 7.11. The lowest BCUT2D eigenvalue weighted by Gasteiger charge is -2.31. The van der Waals surface area contributed by atoms with Crippen LogP contribution < -0.4 is 5.32 Å². The third-order valence-electron chi connectivity index (χ3n) is 4.83. The molecule has 0 bridgehead atoms. The highest BCUT2D eigenvalue weighted by Crippen LogP contribution is 2.25. The van der Waals surface area contributed by atoms with Gasteiger partial charge in [0.05, 0.1) is 12.2 Å². The van der Waals surface area contributed by atoms with Gasteiger partial charge in [-0.2, -0.15) is 0 Å². The van der Waals surface area contributed by atoms with E-state index >= 15 is 0 Å². The highest BCUT2D eigenvalue weighted by Gasteiger charge is 2.31. The third kappa shape index (κ3) is 5.77. The van der Waals surface area contributed by atoms with Crippen molar-refractivity contribution in [3.63, 3.8) is 0 Å². The molecule has 0 saturated heterocycles. The first-order valence-electron chi connectivity index (χ1n) is 10.2. The minimum atomic E-state index is -0.714. The number of pyridine rings is 1. The first-order chi connectivity index (χ1) is 14.7. The molecule has 3 aromatic rings. The molecule has 0 aliphatic heterocycles. The summed E-state index contributed by atoms with van der Waals surface area (Å²) in [7, 11) is 0. The molecule has 1 heterocycles. The van der Waals surface area contributed by atoms with Crippen LogP contribution >= 0.6 is 0 Å². The zero-order valence-corrected chi connectivity index (χ0v) is 17.2. The van der Waals surface area contributed by atoms with Crippen molar-refractivity contribution in [1.29, 1.82) is 0 Å². The molecule has 0 unspecified atom stereocenters. The fourth-order valence-electron chi connectivity index (χ4n) is 3.35. The second kappa shape index (κ2) is 10.9. The molecule has 30 heavy (non-hydrogen) atoms. The fraction of sp³-hybridized carbons (Fsp3) is 0.240. The summed E-state index contributed by atoms with van der Waals surface area (Å²) in [6, 6.07) is 24.1. The Morgan fingerprint density at radius 2 is 1.60 bits per heavy atom. The lowest BCUT2D eigenvalue weighted by Crippen LogP contribution is -2.43. The number of nitrogens with zero attached hydrogens (tertiary/aromatic N) is 2. The van der Waals surface area contributed by atoms with Gasteiger partial charge in [0.1, 0.15) is 6.04 Å². The molecule has 2 amide bonds. The molecule has 3 rings (SSSR count). The zero-order valence-electron chi connectivity index (χ0n) is 17.2. The number of carbonyl (C=O) groups is 2. The van der Waals surface area contributed by atoms with E-state index in [9.17, 15) is 9.59 Å². The van der Waals surface area contributed by atoms with Crippen LogP contribution in [0.15, 0.2) is 85.1 Å². The van der Waals surface area contributed by atoms with Crippen LogP contribution in [0.25, 0.3) is 0 Å². The van der Waals surface area contributed by atoms with Gasteiger partial charge in [-0.15, -0.1) is 0 Å². The predicted molar refractivity (Wildman–Crippen MR) is 117 cm³/mol. The van der Waals surface area contributed by atoms with Gasteiger partial charge in [0.15, 0.2) is 0 Å². The number of amides is 2. The summed E-state index contributed by atoms with van der Waals surface area (Å²) in [6.45, 7) is 2.65. The van der Waals surface area contributed by atoms with Crippen LogP contribution in [0.4, 0.5) is 0 Å². The van der Waals surface area contributed by atoms with Crippen LogP contribution in [0.5, 0.6) is 0 Å². The van der Waals surface area contributed by atoms with Gasteiger partial charge in [0.25, 0.3) is 0 Å². The Labute approximate surface area is 177 Å². The molecule has 0 aliphatic rings. The van der Waals surface area contributed by atoms with E-state index in [0.717, 1.165) is 23.2 Å². The maximum atomic E-state index is 13.3. The summed E-state index contributed by atoms with van der Waals surface area (Å²) in [5.41, 5.74) is 2.55. The molecule has 5 nitrogen and oxygen atoms in total. The molecule has 0 fully saturated rings. The molecular formula is C25H27N3O2. The van der Waals surface area contributed by atoms with Crippen molar-refractivity contribution in [3.05, 3.63) is 102 Å². The van der Waals surface area contributed by atoms with E-state index in [1.807, 2.05) is 85.8 Å². The van der Waals surface area contributed by atoms with Crippen LogP contribution in [0.1, 0.15) is 42.6 Å². The van der Waals surface area contributed by atoms with Gasteiger partial charge in [-0.1, -0.05) is 73.7 Å². The standard InChI is InChI=1S/C25H27N3O2/c1-2-11-23(29)28(19-20-12-5-3-6-13-20)24(21-14-7-4-8-15-21)25(30)27-18-22-16-9-10-17-26-22/h3-10,12-17,24H,2,11,18-19H2,1H3,(H,27,30)/t24-/m1/s1. The summed E-state index contributed by atoms with van der Waals surface area (Å²) in [6.07, 6.45) is 2.81.